The Morgan fingerprint density at radius 1 is 1.14 bits per heavy atom. The molecule has 0 aliphatic carbocycles. The summed E-state index contributed by atoms with van der Waals surface area (Å²) in [7, 11) is 1.58. The highest BCUT2D eigenvalue weighted by Crippen LogP contribution is 2.29. The first-order valence-corrected chi connectivity index (χ1v) is 8.81. The van der Waals surface area contributed by atoms with Crippen LogP contribution in [0.25, 0.3) is 22.3 Å². The molecule has 3 N–H and O–H groups in total. The largest absolute Gasteiger partial charge is 0.481 e. The number of fused-ring (bicyclic) bond motifs is 1. The summed E-state index contributed by atoms with van der Waals surface area (Å²) in [6.45, 7) is 3.46. The van der Waals surface area contributed by atoms with Crippen molar-refractivity contribution in [3.05, 3.63) is 67.6 Å². The third-order valence-corrected chi connectivity index (χ3v) is 4.26. The molecule has 0 spiro atoms. The molecular weight excluding hydrogens is 368 g/mol. The number of pyridine rings is 1. The molecule has 0 unspecified atom stereocenters. The van der Waals surface area contributed by atoms with Crippen LogP contribution in [0.4, 0.5) is 17.2 Å². The fourth-order valence-electron chi connectivity index (χ4n) is 2.86. The molecular formula is C21H18N6O2. The van der Waals surface area contributed by atoms with E-state index in [-0.39, 0.29) is 5.91 Å². The molecule has 0 aliphatic heterocycles. The Morgan fingerprint density at radius 3 is 2.76 bits per heavy atom. The van der Waals surface area contributed by atoms with Gasteiger partial charge in [-0.3, -0.25) is 4.79 Å². The molecule has 0 fully saturated rings. The van der Waals surface area contributed by atoms with E-state index in [2.05, 4.69) is 37.1 Å². The van der Waals surface area contributed by atoms with E-state index in [9.17, 15) is 4.79 Å². The van der Waals surface area contributed by atoms with Crippen LogP contribution in [0.2, 0.25) is 0 Å². The summed E-state index contributed by atoms with van der Waals surface area (Å²) in [5.41, 5.74) is 3.91. The molecule has 4 rings (SSSR count). The Labute approximate surface area is 166 Å². The summed E-state index contributed by atoms with van der Waals surface area (Å²) < 4.78 is 5.10. The first-order chi connectivity index (χ1) is 14.2. The number of hydrogen-bond acceptors (Lipinski definition) is 6. The predicted octanol–water partition coefficient (Wildman–Crippen LogP) is 3.90. The molecule has 1 aromatic carbocycles. The number of carbonyl (C=O) groups is 1. The van der Waals surface area contributed by atoms with Gasteiger partial charge in [-0.05, 0) is 36.4 Å². The summed E-state index contributed by atoms with van der Waals surface area (Å²) in [5, 5.41) is 6.85. The van der Waals surface area contributed by atoms with Gasteiger partial charge in [-0.2, -0.15) is 0 Å². The maximum Gasteiger partial charge on any atom is 0.247 e. The molecule has 0 atom stereocenters. The lowest BCUT2D eigenvalue weighted by atomic mass is 10.2. The van der Waals surface area contributed by atoms with E-state index >= 15 is 0 Å². The second kappa shape index (κ2) is 7.81. The fourth-order valence-corrected chi connectivity index (χ4v) is 2.86. The highest BCUT2D eigenvalue weighted by molar-refractivity contribution is 5.99. The predicted molar refractivity (Wildman–Crippen MR) is 112 cm³/mol. The Balaban J connectivity index is 1.64. The van der Waals surface area contributed by atoms with Crippen LogP contribution in [-0.4, -0.2) is 33.0 Å². The van der Waals surface area contributed by atoms with Gasteiger partial charge in [0.15, 0.2) is 0 Å². The van der Waals surface area contributed by atoms with Gasteiger partial charge >= 0.3 is 0 Å². The van der Waals surface area contributed by atoms with Crippen LogP contribution in [-0.2, 0) is 4.79 Å². The summed E-state index contributed by atoms with van der Waals surface area (Å²) in [5.74, 6) is 0.927. The number of aromatic nitrogens is 4. The number of hydrogen-bond donors (Lipinski definition) is 3. The fraction of sp³-hybridized carbons (Fsp3) is 0.0476. The number of anilines is 3. The quantitative estimate of drug-likeness (QED) is 0.434. The number of benzene rings is 1. The van der Waals surface area contributed by atoms with Crippen LogP contribution < -0.4 is 15.4 Å². The number of amides is 1. The average Bonchev–Trinajstić information content (AvgIpc) is 3.19. The third-order valence-electron chi connectivity index (χ3n) is 4.26. The SMILES string of the molecule is C=CC(=O)Nc1cccc(Nc2ncnc3[nH]c(-c4ccc(OC)nc4)cc23)c1. The Hall–Kier alpha value is -4.20. The van der Waals surface area contributed by atoms with Crippen molar-refractivity contribution in [2.24, 2.45) is 0 Å². The normalized spacial score (nSPS) is 10.5. The van der Waals surface area contributed by atoms with Gasteiger partial charge in [0.2, 0.25) is 11.8 Å². The standard InChI is InChI=1S/C21H18N6O2/c1-3-18(28)25-14-5-4-6-15(9-14)26-20-16-10-17(27-21(16)24-12-23-20)13-7-8-19(29-2)22-11-13/h3-12H,1H2,2H3,(H,25,28)(H2,23,24,26,27). The number of rotatable bonds is 6. The molecule has 8 heteroatoms. The van der Waals surface area contributed by atoms with Crippen molar-refractivity contribution in [2.75, 3.05) is 17.7 Å². The molecule has 0 radical (unpaired) electrons. The molecule has 0 bridgehead atoms. The van der Waals surface area contributed by atoms with Gasteiger partial charge in [0.1, 0.15) is 17.8 Å². The van der Waals surface area contributed by atoms with Gasteiger partial charge in [0, 0.05) is 34.9 Å². The molecule has 8 nitrogen and oxygen atoms in total. The van der Waals surface area contributed by atoms with E-state index in [1.807, 2.05) is 30.3 Å². The second-order valence-corrected chi connectivity index (χ2v) is 6.16. The average molecular weight is 386 g/mol. The monoisotopic (exact) mass is 386 g/mol. The van der Waals surface area contributed by atoms with E-state index in [1.165, 1.54) is 12.4 Å². The summed E-state index contributed by atoms with van der Waals surface area (Å²) in [4.78, 5) is 27.7. The minimum Gasteiger partial charge on any atom is -0.481 e. The first kappa shape index (κ1) is 18.2. The topological polar surface area (TPSA) is 105 Å². The molecule has 144 valence electrons. The van der Waals surface area contributed by atoms with E-state index in [0.717, 1.165) is 22.3 Å². The number of carbonyl (C=O) groups excluding carboxylic acids is 1. The molecule has 0 saturated carbocycles. The van der Waals surface area contributed by atoms with Crippen LogP contribution in [0.5, 0.6) is 5.88 Å². The minimum atomic E-state index is -0.269. The van der Waals surface area contributed by atoms with E-state index < -0.39 is 0 Å². The van der Waals surface area contributed by atoms with Crippen molar-refractivity contribution in [2.45, 2.75) is 0 Å². The van der Waals surface area contributed by atoms with Gasteiger partial charge < -0.3 is 20.4 Å². The molecule has 1 amide bonds. The number of aromatic amines is 1. The smallest absolute Gasteiger partial charge is 0.247 e. The van der Waals surface area contributed by atoms with Gasteiger partial charge in [0.25, 0.3) is 0 Å². The van der Waals surface area contributed by atoms with Crippen molar-refractivity contribution in [3.63, 3.8) is 0 Å². The Bertz CT molecular complexity index is 1180. The van der Waals surface area contributed by atoms with Gasteiger partial charge in [-0.15, -0.1) is 0 Å². The van der Waals surface area contributed by atoms with Crippen LogP contribution in [0, 0.1) is 0 Å². The molecule has 4 aromatic rings. The molecule has 0 aliphatic rings. The number of nitrogens with zero attached hydrogens (tertiary/aromatic N) is 3. The summed E-state index contributed by atoms with van der Waals surface area (Å²) in [6, 6.07) is 13.0. The van der Waals surface area contributed by atoms with Crippen molar-refractivity contribution >= 4 is 34.1 Å². The highest BCUT2D eigenvalue weighted by Gasteiger charge is 2.10. The van der Waals surface area contributed by atoms with Crippen molar-refractivity contribution in [1.82, 2.24) is 19.9 Å². The third kappa shape index (κ3) is 3.91. The van der Waals surface area contributed by atoms with E-state index in [4.69, 9.17) is 4.74 Å². The van der Waals surface area contributed by atoms with Crippen LogP contribution in [0.3, 0.4) is 0 Å². The second-order valence-electron chi connectivity index (χ2n) is 6.16. The molecule has 29 heavy (non-hydrogen) atoms. The van der Waals surface area contributed by atoms with E-state index in [0.29, 0.717) is 23.0 Å². The lowest BCUT2D eigenvalue weighted by Crippen LogP contribution is -2.07. The van der Waals surface area contributed by atoms with Crippen LogP contribution in [0.1, 0.15) is 0 Å². The highest BCUT2D eigenvalue weighted by atomic mass is 16.5. The molecule has 0 saturated heterocycles. The number of methoxy groups -OCH3 is 1. The minimum absolute atomic E-state index is 0.269. The zero-order valence-electron chi connectivity index (χ0n) is 15.6. The maximum absolute atomic E-state index is 11.5. The molecule has 3 aromatic heterocycles. The summed E-state index contributed by atoms with van der Waals surface area (Å²) >= 11 is 0. The van der Waals surface area contributed by atoms with E-state index in [1.54, 1.807) is 25.4 Å². The van der Waals surface area contributed by atoms with Gasteiger partial charge in [-0.1, -0.05) is 12.6 Å². The van der Waals surface area contributed by atoms with Crippen LogP contribution >= 0.6 is 0 Å². The van der Waals surface area contributed by atoms with Crippen LogP contribution in [0.15, 0.2) is 67.6 Å². The number of nitrogens with one attached hydrogen (secondary N) is 3. The Morgan fingerprint density at radius 2 is 2.00 bits per heavy atom. The number of H-pyrrole nitrogens is 1. The van der Waals surface area contributed by atoms with Crippen molar-refractivity contribution in [3.8, 4) is 17.1 Å². The van der Waals surface area contributed by atoms with Crippen molar-refractivity contribution in [1.29, 1.82) is 0 Å². The van der Waals surface area contributed by atoms with Crippen molar-refractivity contribution < 1.29 is 9.53 Å². The maximum atomic E-state index is 11.5. The zero-order valence-corrected chi connectivity index (χ0v) is 15.6. The zero-order chi connectivity index (χ0) is 20.2. The summed E-state index contributed by atoms with van der Waals surface area (Å²) in [6.07, 6.45) is 4.44. The number of ether oxygens (including phenoxy) is 1. The van der Waals surface area contributed by atoms with Gasteiger partial charge in [-0.25, -0.2) is 15.0 Å². The first-order valence-electron chi connectivity index (χ1n) is 8.81. The molecule has 3 heterocycles. The van der Waals surface area contributed by atoms with Gasteiger partial charge in [0.05, 0.1) is 12.5 Å². The Kier molecular flexibility index (Phi) is 4.90. The lowest BCUT2D eigenvalue weighted by Gasteiger charge is -2.08. The lowest BCUT2D eigenvalue weighted by molar-refractivity contribution is -0.111.